The molecule has 1 fully saturated rings. The first kappa shape index (κ1) is 21.4. The molecule has 1 saturated carbocycles. The van der Waals surface area contributed by atoms with Crippen molar-refractivity contribution < 1.29 is 14.3 Å². The molecule has 2 amide bonds. The summed E-state index contributed by atoms with van der Waals surface area (Å²) >= 11 is 0. The van der Waals surface area contributed by atoms with E-state index in [9.17, 15) is 9.59 Å². The number of rotatable bonds is 6. The largest absolute Gasteiger partial charge is 0.444 e. The molecule has 0 saturated heterocycles. The van der Waals surface area contributed by atoms with E-state index in [4.69, 9.17) is 4.74 Å². The maximum atomic E-state index is 13.6. The number of hydrogen-bond acceptors (Lipinski definition) is 4. The van der Waals surface area contributed by atoms with Gasteiger partial charge in [-0.3, -0.25) is 9.48 Å². The van der Waals surface area contributed by atoms with Gasteiger partial charge < -0.3 is 15.0 Å². The lowest BCUT2D eigenvalue weighted by molar-refractivity contribution is 0.0516. The van der Waals surface area contributed by atoms with E-state index in [0.29, 0.717) is 24.4 Å². The van der Waals surface area contributed by atoms with E-state index >= 15 is 0 Å². The van der Waals surface area contributed by atoms with Crippen LogP contribution >= 0.6 is 0 Å². The van der Waals surface area contributed by atoms with Crippen molar-refractivity contribution in [2.75, 3.05) is 18.0 Å². The van der Waals surface area contributed by atoms with Crippen molar-refractivity contribution in [1.82, 2.24) is 15.1 Å². The Labute approximate surface area is 183 Å². The van der Waals surface area contributed by atoms with Gasteiger partial charge in [0, 0.05) is 25.3 Å². The maximum Gasteiger partial charge on any atom is 0.407 e. The minimum absolute atomic E-state index is 0.0140. The fraction of sp³-hybridized carbons (Fsp3) is 0.542. The summed E-state index contributed by atoms with van der Waals surface area (Å²) in [4.78, 5) is 27.5. The first-order valence-corrected chi connectivity index (χ1v) is 11.2. The highest BCUT2D eigenvalue weighted by atomic mass is 16.6. The van der Waals surface area contributed by atoms with Crippen LogP contribution in [0.25, 0.3) is 0 Å². The second-order valence-electron chi connectivity index (χ2n) is 9.66. The Morgan fingerprint density at radius 2 is 1.90 bits per heavy atom. The predicted molar refractivity (Wildman–Crippen MR) is 119 cm³/mol. The highest BCUT2D eigenvalue weighted by Gasteiger charge is 2.32. The van der Waals surface area contributed by atoms with Gasteiger partial charge >= 0.3 is 6.09 Å². The molecule has 7 heteroatoms. The molecule has 2 aliphatic rings. The molecule has 1 unspecified atom stereocenters. The van der Waals surface area contributed by atoms with Crippen LogP contribution in [0.5, 0.6) is 0 Å². The molecule has 7 nitrogen and oxygen atoms in total. The molecule has 166 valence electrons. The molecule has 4 rings (SSSR count). The second-order valence-corrected chi connectivity index (χ2v) is 9.66. The van der Waals surface area contributed by atoms with Gasteiger partial charge in [-0.05, 0) is 70.4 Å². The molecule has 31 heavy (non-hydrogen) atoms. The molecule has 0 bridgehead atoms. The van der Waals surface area contributed by atoms with Crippen molar-refractivity contribution in [3.8, 4) is 0 Å². The number of nitrogens with one attached hydrogen (secondary N) is 1. The van der Waals surface area contributed by atoms with Gasteiger partial charge in [-0.15, -0.1) is 0 Å². The Bertz CT molecular complexity index is 928. The molecule has 1 N–H and O–H groups in total. The third-order valence-corrected chi connectivity index (χ3v) is 5.79. The summed E-state index contributed by atoms with van der Waals surface area (Å²) in [6, 6.07) is 9.88. The molecule has 2 heterocycles. The zero-order valence-electron chi connectivity index (χ0n) is 18.6. The number of alkyl carbamates (subject to hydrolysis) is 1. The van der Waals surface area contributed by atoms with Gasteiger partial charge in [0.25, 0.3) is 5.91 Å². The molecular weight excluding hydrogens is 392 g/mol. The Kier molecular flexibility index (Phi) is 6.03. The van der Waals surface area contributed by atoms with E-state index in [1.165, 1.54) is 12.8 Å². The number of aromatic nitrogens is 2. The van der Waals surface area contributed by atoms with Crippen molar-refractivity contribution >= 4 is 17.7 Å². The Morgan fingerprint density at radius 1 is 1.16 bits per heavy atom. The van der Waals surface area contributed by atoms with Crippen LogP contribution in [0.3, 0.4) is 0 Å². The predicted octanol–water partition coefficient (Wildman–Crippen LogP) is 4.03. The standard InChI is InChI=1S/C24H32N4O3/c1-24(2,3)31-23(30)25-14-18-11-12-28-21(13-18)20(15-26-28)22(29)27(16-17-9-10-17)19-7-5-4-6-8-19/h4-8,15,17-18H,9-14,16H2,1-3H3,(H,25,30). The Morgan fingerprint density at radius 3 is 2.58 bits per heavy atom. The van der Waals surface area contributed by atoms with Crippen LogP contribution in [0, 0.1) is 11.8 Å². The summed E-state index contributed by atoms with van der Waals surface area (Å²) in [5, 5.41) is 7.36. The van der Waals surface area contributed by atoms with Gasteiger partial charge in [-0.1, -0.05) is 18.2 Å². The van der Waals surface area contributed by atoms with Crippen LogP contribution in [0.4, 0.5) is 10.5 Å². The number of amides is 2. The summed E-state index contributed by atoms with van der Waals surface area (Å²) in [6.07, 6.45) is 5.29. The topological polar surface area (TPSA) is 76.5 Å². The van der Waals surface area contributed by atoms with Crippen LogP contribution in [0.1, 0.15) is 56.1 Å². The van der Waals surface area contributed by atoms with Crippen molar-refractivity contribution in [1.29, 1.82) is 0 Å². The van der Waals surface area contributed by atoms with Gasteiger partial charge in [0.1, 0.15) is 5.60 Å². The third-order valence-electron chi connectivity index (χ3n) is 5.79. The molecule has 1 aromatic carbocycles. The number of fused-ring (bicyclic) bond motifs is 1. The average Bonchev–Trinajstić information content (AvgIpc) is 3.46. The van der Waals surface area contributed by atoms with Crippen molar-refractivity contribution in [2.45, 2.75) is 58.6 Å². The fourth-order valence-corrected chi connectivity index (χ4v) is 4.01. The SMILES string of the molecule is CC(C)(C)OC(=O)NCC1CCn2ncc(C(=O)N(CC3CC3)c3ccccc3)c2C1. The summed E-state index contributed by atoms with van der Waals surface area (Å²) < 4.78 is 7.28. The lowest BCUT2D eigenvalue weighted by Crippen LogP contribution is -2.38. The van der Waals surface area contributed by atoms with E-state index < -0.39 is 11.7 Å². The van der Waals surface area contributed by atoms with E-state index in [1.54, 1.807) is 6.20 Å². The molecular formula is C24H32N4O3. The first-order valence-electron chi connectivity index (χ1n) is 11.2. The van der Waals surface area contributed by atoms with E-state index in [-0.39, 0.29) is 11.8 Å². The zero-order valence-corrected chi connectivity index (χ0v) is 18.6. The van der Waals surface area contributed by atoms with Crippen LogP contribution in [-0.2, 0) is 17.7 Å². The highest BCUT2D eigenvalue weighted by Crippen LogP contribution is 2.33. The van der Waals surface area contributed by atoms with E-state index in [0.717, 1.165) is 30.9 Å². The summed E-state index contributed by atoms with van der Waals surface area (Å²) in [5.41, 5.74) is 2.05. The molecule has 0 radical (unpaired) electrons. The monoisotopic (exact) mass is 424 g/mol. The van der Waals surface area contributed by atoms with Gasteiger partial charge in [0.2, 0.25) is 0 Å². The van der Waals surface area contributed by atoms with Gasteiger partial charge in [-0.2, -0.15) is 5.10 Å². The van der Waals surface area contributed by atoms with E-state index in [2.05, 4.69) is 10.4 Å². The first-order chi connectivity index (χ1) is 14.8. The third kappa shape index (κ3) is 5.46. The minimum Gasteiger partial charge on any atom is -0.444 e. The molecule has 1 aromatic heterocycles. The molecule has 0 spiro atoms. The van der Waals surface area contributed by atoms with Crippen molar-refractivity contribution in [3.05, 3.63) is 47.8 Å². The van der Waals surface area contributed by atoms with Gasteiger partial charge in [-0.25, -0.2) is 4.79 Å². The number of aryl methyl sites for hydroxylation is 1. The quantitative estimate of drug-likeness (QED) is 0.760. The van der Waals surface area contributed by atoms with Crippen LogP contribution < -0.4 is 10.2 Å². The minimum atomic E-state index is -0.517. The number of carbonyl (C=O) groups is 2. The van der Waals surface area contributed by atoms with Gasteiger partial charge in [0.05, 0.1) is 17.5 Å². The zero-order chi connectivity index (χ0) is 22.0. The van der Waals surface area contributed by atoms with Crippen LogP contribution in [-0.4, -0.2) is 40.5 Å². The molecule has 1 aliphatic heterocycles. The second kappa shape index (κ2) is 8.73. The number of benzene rings is 1. The highest BCUT2D eigenvalue weighted by molar-refractivity contribution is 6.06. The number of carbonyl (C=O) groups excluding carboxylic acids is 2. The lowest BCUT2D eigenvalue weighted by Gasteiger charge is -2.27. The number of hydrogen-bond donors (Lipinski definition) is 1. The van der Waals surface area contributed by atoms with E-state index in [1.807, 2.05) is 60.7 Å². The molecule has 1 aliphatic carbocycles. The summed E-state index contributed by atoms with van der Waals surface area (Å²) in [5.74, 6) is 0.846. The van der Waals surface area contributed by atoms with Crippen LogP contribution in [0.2, 0.25) is 0 Å². The number of ether oxygens (including phenoxy) is 1. The van der Waals surface area contributed by atoms with Gasteiger partial charge in [0.15, 0.2) is 0 Å². The van der Waals surface area contributed by atoms with Crippen molar-refractivity contribution in [3.63, 3.8) is 0 Å². The Balaban J connectivity index is 1.46. The number of anilines is 1. The summed E-state index contributed by atoms with van der Waals surface area (Å²) in [6.45, 7) is 7.57. The number of para-hydroxylation sites is 1. The molecule has 2 aromatic rings. The van der Waals surface area contributed by atoms with Crippen LogP contribution in [0.15, 0.2) is 36.5 Å². The lowest BCUT2D eigenvalue weighted by atomic mass is 9.94. The van der Waals surface area contributed by atoms with Crippen molar-refractivity contribution in [2.24, 2.45) is 11.8 Å². The maximum absolute atomic E-state index is 13.6. The smallest absolute Gasteiger partial charge is 0.407 e. The summed E-state index contributed by atoms with van der Waals surface area (Å²) in [7, 11) is 0. The molecule has 1 atom stereocenters. The average molecular weight is 425 g/mol. The Hall–Kier alpha value is -2.83. The number of nitrogens with zero attached hydrogens (tertiary/aromatic N) is 3. The fourth-order valence-electron chi connectivity index (χ4n) is 4.01. The normalized spacial score (nSPS) is 18.2.